The molecule has 2 heteroatoms. The molecule has 56 valence electrons. The van der Waals surface area contributed by atoms with Gasteiger partial charge in [0, 0.05) is 6.42 Å². The fourth-order valence-corrected chi connectivity index (χ4v) is 0.831. The number of hydrogen-bond donors (Lipinski definition) is 0. The van der Waals surface area contributed by atoms with E-state index in [1.54, 1.807) is 0 Å². The zero-order valence-corrected chi connectivity index (χ0v) is 6.23. The van der Waals surface area contributed by atoms with Crippen LogP contribution in [0, 0.1) is 0 Å². The van der Waals surface area contributed by atoms with Crippen molar-refractivity contribution in [1.82, 2.24) is 0 Å². The molecule has 0 aromatic rings. The summed E-state index contributed by atoms with van der Waals surface area (Å²) in [6, 6.07) is 0. The summed E-state index contributed by atoms with van der Waals surface area (Å²) >= 11 is 0. The van der Waals surface area contributed by atoms with Crippen LogP contribution in [0.4, 0.5) is 0 Å². The fourth-order valence-electron chi connectivity index (χ4n) is 0.831. The molecule has 0 heterocycles. The molecular formula is C8H17KO. The van der Waals surface area contributed by atoms with Crippen molar-refractivity contribution in [3.05, 3.63) is 0 Å². The fraction of sp³-hybridized carbons (Fsp3) is 0.875. The van der Waals surface area contributed by atoms with E-state index in [1.165, 1.54) is 25.7 Å². The van der Waals surface area contributed by atoms with E-state index in [0.29, 0.717) is 0 Å². The molecule has 0 fully saturated rings. The Hall–Kier alpha value is 1.31. The van der Waals surface area contributed by atoms with Crippen LogP contribution in [0.2, 0.25) is 0 Å². The van der Waals surface area contributed by atoms with Gasteiger partial charge in [-0.15, -0.1) is 0 Å². The second-order valence-corrected chi connectivity index (χ2v) is 2.37. The van der Waals surface area contributed by atoms with Crippen molar-refractivity contribution < 1.29 is 4.79 Å². The minimum atomic E-state index is 0. The van der Waals surface area contributed by atoms with Gasteiger partial charge in [0.1, 0.15) is 6.29 Å². The topological polar surface area (TPSA) is 17.1 Å². The molecule has 0 spiro atoms. The summed E-state index contributed by atoms with van der Waals surface area (Å²) in [5.41, 5.74) is 0. The second kappa shape index (κ2) is 12.9. The normalized spacial score (nSPS) is 8.50. The summed E-state index contributed by atoms with van der Waals surface area (Å²) in [6.45, 7) is 2.19. The summed E-state index contributed by atoms with van der Waals surface area (Å²) in [5.74, 6) is 0. The summed E-state index contributed by atoms with van der Waals surface area (Å²) < 4.78 is 0. The van der Waals surface area contributed by atoms with Crippen LogP contribution >= 0.6 is 0 Å². The molecule has 0 radical (unpaired) electrons. The maximum absolute atomic E-state index is 9.84. The first-order chi connectivity index (χ1) is 4.41. The minimum absolute atomic E-state index is 0. The van der Waals surface area contributed by atoms with Gasteiger partial charge in [0.2, 0.25) is 0 Å². The molecule has 0 saturated heterocycles. The molecule has 1 nitrogen and oxygen atoms in total. The first kappa shape index (κ1) is 13.9. The van der Waals surface area contributed by atoms with E-state index in [1.807, 2.05) is 0 Å². The third-order valence-corrected chi connectivity index (χ3v) is 1.43. The van der Waals surface area contributed by atoms with Crippen molar-refractivity contribution >= 4 is 57.7 Å². The van der Waals surface area contributed by atoms with Crippen LogP contribution in [-0.4, -0.2) is 57.7 Å². The quantitative estimate of drug-likeness (QED) is 0.336. The first-order valence-electron chi connectivity index (χ1n) is 3.85. The van der Waals surface area contributed by atoms with E-state index in [2.05, 4.69) is 6.92 Å². The van der Waals surface area contributed by atoms with Crippen molar-refractivity contribution in [2.45, 2.75) is 45.4 Å². The Labute approximate surface area is 106 Å². The third-order valence-electron chi connectivity index (χ3n) is 1.43. The van der Waals surface area contributed by atoms with Gasteiger partial charge in [0.15, 0.2) is 0 Å². The standard InChI is InChI=1S/C8H16O.K.H/c1-2-3-4-5-6-7-8-9;;/h8H,2-7H2,1H3;;. The number of carbonyl (C=O) groups is 1. The molecule has 0 aromatic heterocycles. The molecule has 0 N–H and O–H groups in total. The van der Waals surface area contributed by atoms with Crippen molar-refractivity contribution in [2.75, 3.05) is 0 Å². The number of carbonyl (C=O) groups excluding carboxylic acids is 1. The number of aldehydes is 1. The summed E-state index contributed by atoms with van der Waals surface area (Å²) in [5, 5.41) is 0. The summed E-state index contributed by atoms with van der Waals surface area (Å²) in [4.78, 5) is 9.84. The number of hydrogen-bond acceptors (Lipinski definition) is 1. The van der Waals surface area contributed by atoms with Gasteiger partial charge in [-0.2, -0.15) is 0 Å². The van der Waals surface area contributed by atoms with Crippen molar-refractivity contribution in [2.24, 2.45) is 0 Å². The Morgan fingerprint density at radius 2 is 1.70 bits per heavy atom. The molecular weight excluding hydrogens is 151 g/mol. The van der Waals surface area contributed by atoms with Crippen LogP contribution in [-0.2, 0) is 4.79 Å². The van der Waals surface area contributed by atoms with Crippen molar-refractivity contribution in [3.8, 4) is 0 Å². The molecule has 10 heavy (non-hydrogen) atoms. The Morgan fingerprint density at radius 3 is 2.20 bits per heavy atom. The molecule has 0 saturated carbocycles. The Balaban J connectivity index is 0. The van der Waals surface area contributed by atoms with Crippen molar-refractivity contribution in [3.63, 3.8) is 0 Å². The predicted molar refractivity (Wildman–Crippen MR) is 46.6 cm³/mol. The van der Waals surface area contributed by atoms with E-state index in [-0.39, 0.29) is 51.4 Å². The maximum atomic E-state index is 9.84. The molecule has 0 bridgehead atoms. The van der Waals surface area contributed by atoms with Gasteiger partial charge in [0.05, 0.1) is 0 Å². The second-order valence-electron chi connectivity index (χ2n) is 2.37. The third kappa shape index (κ3) is 12.0. The van der Waals surface area contributed by atoms with Gasteiger partial charge < -0.3 is 4.79 Å². The zero-order chi connectivity index (χ0) is 6.95. The van der Waals surface area contributed by atoms with Crippen LogP contribution in [0.3, 0.4) is 0 Å². The van der Waals surface area contributed by atoms with E-state index in [9.17, 15) is 4.79 Å². The first-order valence-corrected chi connectivity index (χ1v) is 3.85. The molecule has 0 atom stereocenters. The zero-order valence-electron chi connectivity index (χ0n) is 6.23. The summed E-state index contributed by atoms with van der Waals surface area (Å²) in [6.07, 6.45) is 7.97. The van der Waals surface area contributed by atoms with Crippen LogP contribution in [0.1, 0.15) is 45.4 Å². The Kier molecular flexibility index (Phi) is 17.9. The van der Waals surface area contributed by atoms with E-state index in [0.717, 1.165) is 19.1 Å². The molecule has 0 aliphatic carbocycles. The van der Waals surface area contributed by atoms with Gasteiger partial charge in [-0.1, -0.05) is 32.6 Å². The predicted octanol–water partition coefficient (Wildman–Crippen LogP) is 1.90. The average Bonchev–Trinajstić information content (AvgIpc) is 1.89. The van der Waals surface area contributed by atoms with Crippen LogP contribution in [0.15, 0.2) is 0 Å². The van der Waals surface area contributed by atoms with Gasteiger partial charge >= 0.3 is 51.4 Å². The van der Waals surface area contributed by atoms with Gasteiger partial charge in [0.25, 0.3) is 0 Å². The Morgan fingerprint density at radius 1 is 1.10 bits per heavy atom. The van der Waals surface area contributed by atoms with E-state index < -0.39 is 0 Å². The molecule has 0 aliphatic rings. The molecule has 0 aliphatic heterocycles. The van der Waals surface area contributed by atoms with Gasteiger partial charge in [-0.25, -0.2) is 0 Å². The summed E-state index contributed by atoms with van der Waals surface area (Å²) in [7, 11) is 0. The number of unbranched alkanes of at least 4 members (excludes halogenated alkanes) is 5. The number of rotatable bonds is 6. The molecule has 0 aromatic carbocycles. The monoisotopic (exact) mass is 168 g/mol. The van der Waals surface area contributed by atoms with Crippen LogP contribution in [0.25, 0.3) is 0 Å². The van der Waals surface area contributed by atoms with Crippen LogP contribution in [0.5, 0.6) is 0 Å². The van der Waals surface area contributed by atoms with Gasteiger partial charge in [-0.3, -0.25) is 0 Å². The van der Waals surface area contributed by atoms with E-state index >= 15 is 0 Å². The van der Waals surface area contributed by atoms with Gasteiger partial charge in [-0.05, 0) is 6.42 Å². The Bertz CT molecular complexity index is 64.3. The van der Waals surface area contributed by atoms with E-state index in [4.69, 9.17) is 0 Å². The molecule has 0 amide bonds. The average molecular weight is 168 g/mol. The molecule has 0 rings (SSSR count). The SMILES string of the molecule is CCCCCCCC=O.[KH]. The van der Waals surface area contributed by atoms with Crippen LogP contribution < -0.4 is 0 Å². The van der Waals surface area contributed by atoms with Crippen molar-refractivity contribution in [1.29, 1.82) is 0 Å². The molecule has 0 unspecified atom stereocenters.